The molecule has 0 spiro atoms. The topological polar surface area (TPSA) is 16.1 Å². The number of nitrogens with zero attached hydrogens (tertiary/aromatic N) is 2. The summed E-state index contributed by atoms with van der Waals surface area (Å²) in [4.78, 5) is 5.49. The first-order valence-electron chi connectivity index (χ1n) is 2.98. The lowest BCUT2D eigenvalue weighted by Crippen LogP contribution is -2.08. The van der Waals surface area contributed by atoms with Crippen LogP contribution >= 0.6 is 0 Å². The van der Waals surface area contributed by atoms with Crippen LogP contribution in [0.25, 0.3) is 0 Å². The molecule has 0 aliphatic carbocycles. The van der Waals surface area contributed by atoms with Crippen LogP contribution in [0.1, 0.15) is 0 Å². The van der Waals surface area contributed by atoms with Gasteiger partial charge in [0.1, 0.15) is 5.82 Å². The lowest BCUT2D eigenvalue weighted by Gasteiger charge is -2.10. The van der Waals surface area contributed by atoms with Gasteiger partial charge in [0.2, 0.25) is 0 Å². The average molecular weight is 140 g/mol. The van der Waals surface area contributed by atoms with Gasteiger partial charge < -0.3 is 4.90 Å². The van der Waals surface area contributed by atoms with Gasteiger partial charge >= 0.3 is 0 Å². The van der Waals surface area contributed by atoms with E-state index in [2.05, 4.69) is 4.98 Å². The van der Waals surface area contributed by atoms with Gasteiger partial charge in [0.05, 0.1) is 18.1 Å². The molecule has 0 aromatic carbocycles. The monoisotopic (exact) mass is 140 g/mol. The molecule has 0 saturated carbocycles. The fourth-order valence-corrected chi connectivity index (χ4v) is 0.645. The zero-order valence-electron chi connectivity index (χ0n) is 6.00. The summed E-state index contributed by atoms with van der Waals surface area (Å²) in [5.74, 6) is -0.300. The van der Waals surface area contributed by atoms with E-state index in [1.54, 1.807) is 11.1 Å². The maximum Gasteiger partial charge on any atom is 0.143 e. The number of pyridine rings is 1. The van der Waals surface area contributed by atoms with Crippen molar-refractivity contribution in [3.63, 3.8) is 0 Å². The molecule has 1 aromatic heterocycles. The SMILES string of the molecule is CN(C)c1cncc(F)c1. The molecule has 0 fully saturated rings. The average Bonchev–Trinajstić information content (AvgIpc) is 1.88. The number of anilines is 1. The van der Waals surface area contributed by atoms with Gasteiger partial charge in [-0.05, 0) is 0 Å². The Balaban J connectivity index is 2.96. The van der Waals surface area contributed by atoms with Gasteiger partial charge in [-0.2, -0.15) is 0 Å². The second kappa shape index (κ2) is 2.64. The highest BCUT2D eigenvalue weighted by atomic mass is 19.1. The van der Waals surface area contributed by atoms with Gasteiger partial charge in [0, 0.05) is 20.2 Å². The van der Waals surface area contributed by atoms with Crippen LogP contribution < -0.4 is 4.90 Å². The normalized spacial score (nSPS) is 9.50. The van der Waals surface area contributed by atoms with Gasteiger partial charge in [0.25, 0.3) is 0 Å². The second-order valence-corrected chi connectivity index (χ2v) is 2.26. The second-order valence-electron chi connectivity index (χ2n) is 2.26. The zero-order chi connectivity index (χ0) is 7.56. The predicted octanol–water partition coefficient (Wildman–Crippen LogP) is 1.29. The Morgan fingerprint density at radius 2 is 2.10 bits per heavy atom. The number of hydrogen-bond donors (Lipinski definition) is 0. The molecule has 1 rings (SSSR count). The summed E-state index contributed by atoms with van der Waals surface area (Å²) in [5, 5.41) is 0. The van der Waals surface area contributed by atoms with Gasteiger partial charge in [-0.25, -0.2) is 4.39 Å². The van der Waals surface area contributed by atoms with E-state index in [4.69, 9.17) is 0 Å². The fraction of sp³-hybridized carbons (Fsp3) is 0.286. The lowest BCUT2D eigenvalue weighted by molar-refractivity contribution is 0.621. The standard InChI is InChI=1S/C7H9FN2/c1-10(2)7-3-6(8)4-9-5-7/h3-5H,1-2H3. The lowest BCUT2D eigenvalue weighted by atomic mass is 10.4. The Morgan fingerprint density at radius 3 is 2.50 bits per heavy atom. The van der Waals surface area contributed by atoms with Gasteiger partial charge in [-0.15, -0.1) is 0 Å². The fourth-order valence-electron chi connectivity index (χ4n) is 0.645. The Bertz CT molecular complexity index is 223. The highest BCUT2D eigenvalue weighted by Crippen LogP contribution is 2.08. The van der Waals surface area contributed by atoms with Crippen LogP contribution in [0.15, 0.2) is 18.5 Å². The third-order valence-electron chi connectivity index (χ3n) is 1.21. The third-order valence-corrected chi connectivity index (χ3v) is 1.21. The Hall–Kier alpha value is -1.12. The van der Waals surface area contributed by atoms with Crippen molar-refractivity contribution < 1.29 is 4.39 Å². The van der Waals surface area contributed by atoms with Crippen LogP contribution in [0.4, 0.5) is 10.1 Å². The summed E-state index contributed by atoms with van der Waals surface area (Å²) in [6.07, 6.45) is 2.80. The van der Waals surface area contributed by atoms with Crippen LogP contribution in [0.3, 0.4) is 0 Å². The summed E-state index contributed by atoms with van der Waals surface area (Å²) in [7, 11) is 3.69. The highest BCUT2D eigenvalue weighted by Gasteiger charge is 1.95. The van der Waals surface area contributed by atoms with Crippen LogP contribution in [0, 0.1) is 5.82 Å². The molecule has 3 heteroatoms. The van der Waals surface area contributed by atoms with Crippen molar-refractivity contribution in [1.82, 2.24) is 4.98 Å². The molecule has 0 unspecified atom stereocenters. The Labute approximate surface area is 59.3 Å². The van der Waals surface area contributed by atoms with Crippen molar-refractivity contribution in [3.8, 4) is 0 Å². The van der Waals surface area contributed by atoms with Crippen molar-refractivity contribution in [3.05, 3.63) is 24.3 Å². The van der Waals surface area contributed by atoms with Crippen molar-refractivity contribution in [2.75, 3.05) is 19.0 Å². The molecule has 0 aliphatic rings. The maximum atomic E-state index is 12.4. The third kappa shape index (κ3) is 1.43. The molecule has 0 radical (unpaired) electrons. The van der Waals surface area contributed by atoms with Crippen LogP contribution in [-0.4, -0.2) is 19.1 Å². The highest BCUT2D eigenvalue weighted by molar-refractivity contribution is 5.41. The van der Waals surface area contributed by atoms with Crippen molar-refractivity contribution >= 4 is 5.69 Å². The minimum Gasteiger partial charge on any atom is -0.376 e. The van der Waals surface area contributed by atoms with E-state index in [1.165, 1.54) is 12.3 Å². The van der Waals surface area contributed by atoms with E-state index in [1.807, 2.05) is 14.1 Å². The molecule has 1 heterocycles. The molecule has 10 heavy (non-hydrogen) atoms. The van der Waals surface area contributed by atoms with E-state index < -0.39 is 0 Å². The number of halogens is 1. The van der Waals surface area contributed by atoms with Gasteiger partial charge in [-0.1, -0.05) is 0 Å². The van der Waals surface area contributed by atoms with Crippen molar-refractivity contribution in [2.24, 2.45) is 0 Å². The summed E-state index contributed by atoms with van der Waals surface area (Å²) in [6.45, 7) is 0. The number of hydrogen-bond acceptors (Lipinski definition) is 2. The maximum absolute atomic E-state index is 12.4. The van der Waals surface area contributed by atoms with Gasteiger partial charge in [-0.3, -0.25) is 4.98 Å². The molecule has 1 aromatic rings. The minimum atomic E-state index is -0.300. The van der Waals surface area contributed by atoms with Crippen molar-refractivity contribution in [1.29, 1.82) is 0 Å². The zero-order valence-corrected chi connectivity index (χ0v) is 6.00. The van der Waals surface area contributed by atoms with Crippen LogP contribution in [0.5, 0.6) is 0 Å². The summed E-state index contributed by atoms with van der Waals surface area (Å²) >= 11 is 0. The smallest absolute Gasteiger partial charge is 0.143 e. The summed E-state index contributed by atoms with van der Waals surface area (Å²) < 4.78 is 12.4. The van der Waals surface area contributed by atoms with Gasteiger partial charge in [0.15, 0.2) is 0 Å². The first-order valence-corrected chi connectivity index (χ1v) is 2.98. The molecule has 2 nitrogen and oxygen atoms in total. The minimum absolute atomic E-state index is 0.300. The largest absolute Gasteiger partial charge is 0.376 e. The number of rotatable bonds is 1. The number of aromatic nitrogens is 1. The summed E-state index contributed by atoms with van der Waals surface area (Å²) in [5.41, 5.74) is 0.778. The van der Waals surface area contributed by atoms with E-state index in [0.717, 1.165) is 5.69 Å². The van der Waals surface area contributed by atoms with Crippen LogP contribution in [-0.2, 0) is 0 Å². The Morgan fingerprint density at radius 1 is 1.40 bits per heavy atom. The molecular formula is C7H9FN2. The first-order chi connectivity index (χ1) is 4.70. The molecular weight excluding hydrogens is 131 g/mol. The van der Waals surface area contributed by atoms with Crippen LogP contribution in [0.2, 0.25) is 0 Å². The van der Waals surface area contributed by atoms with Crippen molar-refractivity contribution in [2.45, 2.75) is 0 Å². The molecule has 0 aliphatic heterocycles. The summed E-state index contributed by atoms with van der Waals surface area (Å²) in [6, 6.07) is 1.44. The Kier molecular flexibility index (Phi) is 1.85. The molecule has 0 amide bonds. The van der Waals surface area contributed by atoms with E-state index in [0.29, 0.717) is 0 Å². The quantitative estimate of drug-likeness (QED) is 0.584. The molecule has 54 valence electrons. The molecule has 0 atom stereocenters. The van der Waals surface area contributed by atoms with E-state index in [9.17, 15) is 4.39 Å². The molecule has 0 bridgehead atoms. The van der Waals surface area contributed by atoms with E-state index in [-0.39, 0.29) is 5.82 Å². The van der Waals surface area contributed by atoms with E-state index >= 15 is 0 Å². The molecule has 0 saturated heterocycles. The molecule has 0 N–H and O–H groups in total. The first kappa shape index (κ1) is 6.99. The predicted molar refractivity (Wildman–Crippen MR) is 38.5 cm³/mol.